The summed E-state index contributed by atoms with van der Waals surface area (Å²) in [7, 11) is 0. The number of ether oxygens (including phenoxy) is 1. The maximum absolute atomic E-state index is 12.9. The predicted molar refractivity (Wildman–Crippen MR) is 69.6 cm³/mol. The first-order valence-corrected chi connectivity index (χ1v) is 6.18. The molecule has 0 fully saturated rings. The molecule has 1 N–H and O–H groups in total. The lowest BCUT2D eigenvalue weighted by molar-refractivity contribution is 0.0907. The summed E-state index contributed by atoms with van der Waals surface area (Å²) in [5, 5.41) is 2.63. The van der Waals surface area contributed by atoms with E-state index in [2.05, 4.69) is 15.3 Å². The van der Waals surface area contributed by atoms with Gasteiger partial charge in [0.05, 0.1) is 31.3 Å². The van der Waals surface area contributed by atoms with Gasteiger partial charge < -0.3 is 14.6 Å². The van der Waals surface area contributed by atoms with E-state index in [0.29, 0.717) is 26.3 Å². The number of pyridine rings is 1. The molecule has 0 aliphatic heterocycles. The van der Waals surface area contributed by atoms with Crippen LogP contribution in [0.15, 0.2) is 37.2 Å². The Balaban J connectivity index is 1.60. The maximum Gasteiger partial charge on any atom is 0.253 e. The second-order valence-electron chi connectivity index (χ2n) is 4.06. The molecule has 1 amide bonds. The van der Waals surface area contributed by atoms with Crippen molar-refractivity contribution in [1.82, 2.24) is 19.9 Å². The molecule has 0 aliphatic rings. The van der Waals surface area contributed by atoms with Crippen LogP contribution in [0.1, 0.15) is 10.4 Å². The summed E-state index contributed by atoms with van der Waals surface area (Å²) >= 11 is 0. The Morgan fingerprint density at radius 2 is 2.25 bits per heavy atom. The molecule has 0 atom stereocenters. The van der Waals surface area contributed by atoms with Crippen LogP contribution < -0.4 is 5.32 Å². The van der Waals surface area contributed by atoms with Crippen LogP contribution >= 0.6 is 0 Å². The fourth-order valence-electron chi connectivity index (χ4n) is 1.57. The summed E-state index contributed by atoms with van der Waals surface area (Å²) in [4.78, 5) is 19.2. The second-order valence-corrected chi connectivity index (χ2v) is 4.06. The van der Waals surface area contributed by atoms with Crippen molar-refractivity contribution >= 4 is 5.91 Å². The van der Waals surface area contributed by atoms with Crippen LogP contribution in [0.2, 0.25) is 0 Å². The molecule has 0 unspecified atom stereocenters. The van der Waals surface area contributed by atoms with Crippen molar-refractivity contribution in [3.05, 3.63) is 48.6 Å². The van der Waals surface area contributed by atoms with Crippen LogP contribution in [0, 0.1) is 5.82 Å². The largest absolute Gasteiger partial charge is 0.378 e. The summed E-state index contributed by atoms with van der Waals surface area (Å²) in [6.45, 7) is 2.00. The van der Waals surface area contributed by atoms with Gasteiger partial charge in [0.15, 0.2) is 0 Å². The van der Waals surface area contributed by atoms with E-state index in [-0.39, 0.29) is 11.5 Å². The summed E-state index contributed by atoms with van der Waals surface area (Å²) in [6.07, 6.45) is 7.63. The monoisotopic (exact) mass is 278 g/mol. The average Bonchev–Trinajstić information content (AvgIpc) is 2.95. The van der Waals surface area contributed by atoms with Crippen LogP contribution in [0.4, 0.5) is 4.39 Å². The molecule has 0 bridgehead atoms. The molecule has 2 heterocycles. The first-order chi connectivity index (χ1) is 9.75. The Hall–Kier alpha value is -2.28. The van der Waals surface area contributed by atoms with Crippen LogP contribution in [0.25, 0.3) is 0 Å². The highest BCUT2D eigenvalue weighted by molar-refractivity contribution is 5.93. The van der Waals surface area contributed by atoms with Crippen molar-refractivity contribution in [2.75, 3.05) is 19.8 Å². The van der Waals surface area contributed by atoms with Gasteiger partial charge in [-0.25, -0.2) is 9.37 Å². The summed E-state index contributed by atoms with van der Waals surface area (Å²) < 4.78 is 20.1. The minimum absolute atomic E-state index is 0.198. The van der Waals surface area contributed by atoms with Gasteiger partial charge in [-0.2, -0.15) is 0 Å². The molecule has 106 valence electrons. The van der Waals surface area contributed by atoms with Crippen molar-refractivity contribution in [3.63, 3.8) is 0 Å². The Bertz CT molecular complexity index is 545. The number of nitrogens with one attached hydrogen (secondary N) is 1. The normalized spacial score (nSPS) is 10.4. The highest BCUT2D eigenvalue weighted by atomic mass is 19.1. The fourth-order valence-corrected chi connectivity index (χ4v) is 1.57. The molecule has 2 rings (SSSR count). The number of carbonyl (C=O) groups is 1. The Kier molecular flexibility index (Phi) is 5.19. The van der Waals surface area contributed by atoms with Gasteiger partial charge in [0.25, 0.3) is 5.91 Å². The standard InChI is InChI=1S/C13H15FN4O2/c14-12-7-11(8-16-9-12)13(19)17-2-5-20-6-4-18-3-1-15-10-18/h1,3,7-10H,2,4-6H2,(H,17,19). The van der Waals surface area contributed by atoms with Gasteiger partial charge in [-0.15, -0.1) is 0 Å². The first-order valence-electron chi connectivity index (χ1n) is 6.18. The molecule has 0 aromatic carbocycles. The first kappa shape index (κ1) is 14.1. The van der Waals surface area contributed by atoms with Gasteiger partial charge in [0, 0.05) is 31.7 Å². The summed E-state index contributed by atoms with van der Waals surface area (Å²) in [5.41, 5.74) is 0.198. The van der Waals surface area contributed by atoms with Gasteiger partial charge in [0.1, 0.15) is 5.82 Å². The summed E-state index contributed by atoms with van der Waals surface area (Å²) in [5.74, 6) is -0.899. The van der Waals surface area contributed by atoms with E-state index in [1.807, 2.05) is 10.8 Å². The molecule has 0 saturated carbocycles. The van der Waals surface area contributed by atoms with E-state index in [1.54, 1.807) is 12.5 Å². The Morgan fingerprint density at radius 1 is 1.35 bits per heavy atom. The molecule has 0 radical (unpaired) electrons. The molecular formula is C13H15FN4O2. The smallest absolute Gasteiger partial charge is 0.253 e. The SMILES string of the molecule is O=C(NCCOCCn1ccnc1)c1cncc(F)c1. The van der Waals surface area contributed by atoms with E-state index in [0.717, 1.165) is 12.3 Å². The number of carbonyl (C=O) groups excluding carboxylic acids is 1. The number of rotatable bonds is 7. The Morgan fingerprint density at radius 3 is 3.00 bits per heavy atom. The number of imidazole rings is 1. The third-order valence-electron chi connectivity index (χ3n) is 2.55. The van der Waals surface area contributed by atoms with Gasteiger partial charge in [-0.1, -0.05) is 0 Å². The quantitative estimate of drug-likeness (QED) is 0.763. The highest BCUT2D eigenvalue weighted by Crippen LogP contribution is 2.00. The van der Waals surface area contributed by atoms with E-state index in [4.69, 9.17) is 4.74 Å². The predicted octanol–water partition coefficient (Wildman–Crippen LogP) is 0.864. The molecule has 0 spiro atoms. The lowest BCUT2D eigenvalue weighted by Crippen LogP contribution is -2.27. The van der Waals surface area contributed by atoms with Crippen molar-refractivity contribution in [2.24, 2.45) is 0 Å². The topological polar surface area (TPSA) is 69.0 Å². The third kappa shape index (κ3) is 4.43. The van der Waals surface area contributed by atoms with Crippen molar-refractivity contribution in [2.45, 2.75) is 6.54 Å². The molecule has 7 heteroatoms. The number of amides is 1. The minimum Gasteiger partial charge on any atom is -0.378 e. The number of nitrogens with zero attached hydrogens (tertiary/aromatic N) is 3. The maximum atomic E-state index is 12.9. The van der Waals surface area contributed by atoms with Gasteiger partial charge in [-0.3, -0.25) is 9.78 Å². The fraction of sp³-hybridized carbons (Fsp3) is 0.308. The molecular weight excluding hydrogens is 263 g/mol. The second kappa shape index (κ2) is 7.34. The van der Waals surface area contributed by atoms with Crippen molar-refractivity contribution in [1.29, 1.82) is 0 Å². The number of aromatic nitrogens is 3. The van der Waals surface area contributed by atoms with Gasteiger partial charge in [-0.05, 0) is 6.07 Å². The highest BCUT2D eigenvalue weighted by Gasteiger charge is 2.05. The van der Waals surface area contributed by atoms with E-state index in [1.165, 1.54) is 6.20 Å². The third-order valence-corrected chi connectivity index (χ3v) is 2.55. The van der Waals surface area contributed by atoms with Gasteiger partial charge in [0.2, 0.25) is 0 Å². The van der Waals surface area contributed by atoms with Crippen molar-refractivity contribution in [3.8, 4) is 0 Å². The molecule has 2 aromatic heterocycles. The number of halogens is 1. The molecule has 6 nitrogen and oxygen atoms in total. The molecule has 2 aromatic rings. The van der Waals surface area contributed by atoms with Gasteiger partial charge >= 0.3 is 0 Å². The van der Waals surface area contributed by atoms with Crippen molar-refractivity contribution < 1.29 is 13.9 Å². The lowest BCUT2D eigenvalue weighted by Gasteiger charge is -2.07. The lowest BCUT2D eigenvalue weighted by atomic mass is 10.2. The zero-order valence-electron chi connectivity index (χ0n) is 10.8. The van der Waals surface area contributed by atoms with E-state index in [9.17, 15) is 9.18 Å². The van der Waals surface area contributed by atoms with Crippen LogP contribution in [-0.4, -0.2) is 40.2 Å². The zero-order chi connectivity index (χ0) is 14.2. The zero-order valence-corrected chi connectivity index (χ0v) is 10.8. The van der Waals surface area contributed by atoms with Crippen LogP contribution in [-0.2, 0) is 11.3 Å². The number of hydrogen-bond donors (Lipinski definition) is 1. The minimum atomic E-state index is -0.533. The Labute approximate surface area is 115 Å². The molecule has 20 heavy (non-hydrogen) atoms. The van der Waals surface area contributed by atoms with E-state index >= 15 is 0 Å². The summed E-state index contributed by atoms with van der Waals surface area (Å²) in [6, 6.07) is 1.14. The van der Waals surface area contributed by atoms with E-state index < -0.39 is 5.82 Å². The molecule has 0 saturated heterocycles. The van der Waals surface area contributed by atoms with Crippen LogP contribution in [0.5, 0.6) is 0 Å². The average molecular weight is 278 g/mol. The molecule has 0 aliphatic carbocycles. The van der Waals surface area contributed by atoms with Crippen LogP contribution in [0.3, 0.4) is 0 Å². The number of hydrogen-bond acceptors (Lipinski definition) is 4.